The van der Waals surface area contributed by atoms with E-state index in [-0.39, 0.29) is 0 Å². The van der Waals surface area contributed by atoms with Crippen molar-refractivity contribution < 1.29 is 39.5 Å². The van der Waals surface area contributed by atoms with Crippen LogP contribution in [0.2, 0.25) is 0 Å². The maximum Gasteiger partial charge on any atom is 0.281 e. The van der Waals surface area contributed by atoms with Crippen LogP contribution in [0.15, 0.2) is 0 Å². The molecule has 0 amide bonds. The molecular weight excluding hydrogens is 339 g/mol. The molecule has 126 valence electrons. The molecule has 0 aliphatic heterocycles. The minimum Gasteiger partial charge on any atom is -0.206 e. The van der Waals surface area contributed by atoms with Crippen LogP contribution in [0.1, 0.15) is 19.4 Å². The molecule has 0 fully saturated rings. The Morgan fingerprint density at radius 3 is 1.30 bits per heavy atom. The van der Waals surface area contributed by atoms with Gasteiger partial charge in [-0.2, -0.15) is 0 Å². The fourth-order valence-electron chi connectivity index (χ4n) is 2.07. The number of alkyl halides is 2. The molecule has 0 bridgehead atoms. The number of halogens is 9. The molecule has 9 heteroatoms. The maximum absolute atomic E-state index is 14.1. The predicted octanol–water partition coefficient (Wildman–Crippen LogP) is 5.56. The van der Waals surface area contributed by atoms with Gasteiger partial charge in [0.2, 0.25) is 0 Å². The SMILES string of the molecule is CC(C)C(F)(F)c1c(F)c(F)c2c(F)c(F)c(F)c(F)c2c1F. The smallest absolute Gasteiger partial charge is 0.206 e. The fraction of sp³-hybridized carbons (Fsp3) is 0.286. The lowest BCUT2D eigenvalue weighted by Crippen LogP contribution is -2.25. The van der Waals surface area contributed by atoms with Gasteiger partial charge in [-0.05, 0) is 0 Å². The Hall–Kier alpha value is -1.93. The highest BCUT2D eigenvalue weighted by atomic mass is 19.3. The monoisotopic (exact) mass is 346 g/mol. The van der Waals surface area contributed by atoms with E-state index in [1.165, 1.54) is 0 Å². The average Bonchev–Trinajstić information content (AvgIpc) is 2.46. The van der Waals surface area contributed by atoms with Crippen molar-refractivity contribution in [3.8, 4) is 0 Å². The lowest BCUT2D eigenvalue weighted by Gasteiger charge is -2.23. The summed E-state index contributed by atoms with van der Waals surface area (Å²) in [5.41, 5.74) is -2.18. The van der Waals surface area contributed by atoms with Gasteiger partial charge in [-0.1, -0.05) is 13.8 Å². The second kappa shape index (κ2) is 5.31. The van der Waals surface area contributed by atoms with Crippen LogP contribution in [0, 0.1) is 46.6 Å². The highest BCUT2D eigenvalue weighted by Crippen LogP contribution is 2.43. The number of benzene rings is 2. The zero-order chi connectivity index (χ0) is 17.9. The van der Waals surface area contributed by atoms with E-state index >= 15 is 0 Å². The first-order chi connectivity index (χ1) is 10.4. The predicted molar refractivity (Wildman–Crippen MR) is 62.4 cm³/mol. The molecule has 0 aromatic heterocycles. The molecule has 0 atom stereocenters. The number of fused-ring (bicyclic) bond motifs is 1. The van der Waals surface area contributed by atoms with Crippen molar-refractivity contribution in [1.29, 1.82) is 0 Å². The van der Waals surface area contributed by atoms with E-state index in [0.29, 0.717) is 0 Å². The molecule has 0 radical (unpaired) electrons. The topological polar surface area (TPSA) is 0 Å². The van der Waals surface area contributed by atoms with Gasteiger partial charge in [0.1, 0.15) is 5.82 Å². The summed E-state index contributed by atoms with van der Waals surface area (Å²) >= 11 is 0. The second-order valence-electron chi connectivity index (χ2n) is 5.10. The van der Waals surface area contributed by atoms with Gasteiger partial charge in [-0.15, -0.1) is 0 Å². The van der Waals surface area contributed by atoms with Gasteiger partial charge in [0.25, 0.3) is 5.92 Å². The Kier molecular flexibility index (Phi) is 4.02. The van der Waals surface area contributed by atoms with Gasteiger partial charge >= 0.3 is 0 Å². The van der Waals surface area contributed by atoms with E-state index in [2.05, 4.69) is 0 Å². The maximum atomic E-state index is 14.1. The minimum atomic E-state index is -4.31. The van der Waals surface area contributed by atoms with Crippen LogP contribution in [0.25, 0.3) is 10.8 Å². The quantitative estimate of drug-likeness (QED) is 0.379. The Bertz CT molecular complexity index is 808. The molecule has 2 aromatic carbocycles. The number of hydrogen-bond donors (Lipinski definition) is 0. The van der Waals surface area contributed by atoms with E-state index < -0.39 is 68.9 Å². The first-order valence-electron chi connectivity index (χ1n) is 6.14. The summed E-state index contributed by atoms with van der Waals surface area (Å²) < 4.78 is 123. The normalized spacial score (nSPS) is 12.5. The van der Waals surface area contributed by atoms with Crippen molar-refractivity contribution in [2.45, 2.75) is 19.8 Å². The Morgan fingerprint density at radius 1 is 0.565 bits per heavy atom. The molecule has 0 heterocycles. The summed E-state index contributed by atoms with van der Waals surface area (Å²) in [6.45, 7) is 1.67. The molecule has 0 saturated heterocycles. The van der Waals surface area contributed by atoms with E-state index in [9.17, 15) is 39.5 Å². The van der Waals surface area contributed by atoms with E-state index in [0.717, 1.165) is 13.8 Å². The van der Waals surface area contributed by atoms with Crippen molar-refractivity contribution in [1.82, 2.24) is 0 Å². The molecule has 23 heavy (non-hydrogen) atoms. The van der Waals surface area contributed by atoms with Crippen LogP contribution in [0.3, 0.4) is 0 Å². The molecule has 2 rings (SSSR count). The highest BCUT2D eigenvalue weighted by Gasteiger charge is 2.44. The van der Waals surface area contributed by atoms with Crippen molar-refractivity contribution in [3.63, 3.8) is 0 Å². The number of hydrogen-bond acceptors (Lipinski definition) is 0. The standard InChI is InChI=1S/C14H7F9/c1-3(2)14(22,23)6-7(15)4-5(8(16)11(6)19)10(18)13(21)12(20)9(4)17/h3H,1-2H3. The van der Waals surface area contributed by atoms with Crippen LogP contribution in [-0.2, 0) is 5.92 Å². The molecule has 0 nitrogen and oxygen atoms in total. The van der Waals surface area contributed by atoms with Crippen molar-refractivity contribution in [2.75, 3.05) is 0 Å². The van der Waals surface area contributed by atoms with Crippen LogP contribution < -0.4 is 0 Å². The summed E-state index contributed by atoms with van der Waals surface area (Å²) in [6, 6.07) is 0. The molecule has 0 N–H and O–H groups in total. The third-order valence-corrected chi connectivity index (χ3v) is 3.40. The first-order valence-corrected chi connectivity index (χ1v) is 6.14. The summed E-state index contributed by atoms with van der Waals surface area (Å²) in [7, 11) is 0. The molecule has 2 aromatic rings. The van der Waals surface area contributed by atoms with Gasteiger partial charge in [-0.25, -0.2) is 39.5 Å². The third kappa shape index (κ3) is 2.24. The summed E-state index contributed by atoms with van der Waals surface area (Å²) in [4.78, 5) is 0. The van der Waals surface area contributed by atoms with Gasteiger partial charge in [0.05, 0.1) is 16.3 Å². The van der Waals surface area contributed by atoms with Crippen molar-refractivity contribution >= 4 is 10.8 Å². The molecule has 0 spiro atoms. The Labute approximate surface area is 123 Å². The van der Waals surface area contributed by atoms with Crippen molar-refractivity contribution in [2.24, 2.45) is 5.92 Å². The van der Waals surface area contributed by atoms with Crippen LogP contribution in [0.4, 0.5) is 39.5 Å². The summed E-state index contributed by atoms with van der Waals surface area (Å²) in [5.74, 6) is -23.3. The van der Waals surface area contributed by atoms with E-state index in [1.807, 2.05) is 0 Å². The largest absolute Gasteiger partial charge is 0.281 e. The van der Waals surface area contributed by atoms with Gasteiger partial charge in [-0.3, -0.25) is 0 Å². The molecule has 0 aliphatic rings. The summed E-state index contributed by atoms with van der Waals surface area (Å²) in [5, 5.41) is -3.84. The van der Waals surface area contributed by atoms with E-state index in [1.54, 1.807) is 0 Å². The van der Waals surface area contributed by atoms with Gasteiger partial charge < -0.3 is 0 Å². The first kappa shape index (κ1) is 17.4. The van der Waals surface area contributed by atoms with Crippen molar-refractivity contribution in [3.05, 3.63) is 46.3 Å². The van der Waals surface area contributed by atoms with E-state index in [4.69, 9.17) is 0 Å². The molecular formula is C14H7F9. The van der Waals surface area contributed by atoms with Crippen LogP contribution >= 0.6 is 0 Å². The Morgan fingerprint density at radius 2 is 0.913 bits per heavy atom. The third-order valence-electron chi connectivity index (χ3n) is 3.40. The van der Waals surface area contributed by atoms with Gasteiger partial charge in [0, 0.05) is 5.92 Å². The summed E-state index contributed by atoms with van der Waals surface area (Å²) in [6.07, 6.45) is 0. The van der Waals surface area contributed by atoms with Crippen LogP contribution in [-0.4, -0.2) is 0 Å². The lowest BCUT2D eigenvalue weighted by molar-refractivity contribution is -0.0577. The minimum absolute atomic E-state index is 0.836. The number of rotatable bonds is 2. The zero-order valence-electron chi connectivity index (χ0n) is 11.5. The lowest BCUT2D eigenvalue weighted by atomic mass is 9.93. The Balaban J connectivity index is 3.14. The molecule has 0 saturated carbocycles. The zero-order valence-corrected chi connectivity index (χ0v) is 11.5. The molecule has 0 aliphatic carbocycles. The molecule has 0 unspecified atom stereocenters. The average molecular weight is 346 g/mol. The van der Waals surface area contributed by atoms with Crippen LogP contribution in [0.5, 0.6) is 0 Å². The van der Waals surface area contributed by atoms with Gasteiger partial charge in [0.15, 0.2) is 34.9 Å². The fourth-order valence-corrected chi connectivity index (χ4v) is 2.07. The highest BCUT2D eigenvalue weighted by molar-refractivity contribution is 5.86. The second-order valence-corrected chi connectivity index (χ2v) is 5.10.